The second-order valence-electron chi connectivity index (χ2n) is 5.18. The van der Waals surface area contributed by atoms with Gasteiger partial charge in [-0.1, -0.05) is 0 Å². The molecule has 0 spiro atoms. The zero-order valence-electron chi connectivity index (χ0n) is 11.5. The van der Waals surface area contributed by atoms with E-state index < -0.39 is 11.7 Å². The lowest BCUT2D eigenvalue weighted by Crippen LogP contribution is -2.50. The molecular weight excluding hydrogens is 281 g/mol. The minimum absolute atomic E-state index is 0.261. The largest absolute Gasteiger partial charge is 0.416 e. The van der Waals surface area contributed by atoms with Gasteiger partial charge in [0.15, 0.2) is 0 Å². The van der Waals surface area contributed by atoms with Gasteiger partial charge in [-0.25, -0.2) is 4.98 Å². The summed E-state index contributed by atoms with van der Waals surface area (Å²) in [5.74, 6) is 0.705. The number of halogens is 3. The smallest absolute Gasteiger partial charge is 0.350 e. The molecule has 112 valence electrons. The van der Waals surface area contributed by atoms with Crippen molar-refractivity contribution in [2.45, 2.75) is 19.1 Å². The number of anilines is 1. The standard InChI is InChI=1S/C14H15F3N4/c1-9-7-18-4-5-21(9)13-8-19-12-6-10(14(15,16)17)2-3-11(12)20-13/h2-3,6,8-9,18H,4-5,7H2,1H3/t9-/m0/s1. The van der Waals surface area contributed by atoms with Gasteiger partial charge >= 0.3 is 6.18 Å². The maximum Gasteiger partial charge on any atom is 0.416 e. The van der Waals surface area contributed by atoms with Crippen LogP contribution in [0, 0.1) is 0 Å². The number of rotatable bonds is 1. The van der Waals surface area contributed by atoms with E-state index in [2.05, 4.69) is 27.1 Å². The Kier molecular flexibility index (Phi) is 3.44. The van der Waals surface area contributed by atoms with Crippen LogP contribution in [0.3, 0.4) is 0 Å². The van der Waals surface area contributed by atoms with Crippen molar-refractivity contribution in [3.63, 3.8) is 0 Å². The molecule has 1 N–H and O–H groups in total. The molecule has 1 aliphatic heterocycles. The molecule has 1 aromatic carbocycles. The zero-order chi connectivity index (χ0) is 15.0. The molecule has 1 aromatic heterocycles. The minimum Gasteiger partial charge on any atom is -0.350 e. The van der Waals surface area contributed by atoms with Crippen molar-refractivity contribution in [1.29, 1.82) is 0 Å². The average molecular weight is 296 g/mol. The van der Waals surface area contributed by atoms with Gasteiger partial charge in [0.1, 0.15) is 5.82 Å². The third-order valence-corrected chi connectivity index (χ3v) is 3.65. The van der Waals surface area contributed by atoms with Crippen LogP contribution in [0.5, 0.6) is 0 Å². The number of nitrogens with zero attached hydrogens (tertiary/aromatic N) is 3. The van der Waals surface area contributed by atoms with E-state index in [1.54, 1.807) is 6.20 Å². The van der Waals surface area contributed by atoms with Crippen molar-refractivity contribution in [3.05, 3.63) is 30.0 Å². The maximum atomic E-state index is 12.7. The molecule has 1 atom stereocenters. The molecule has 1 fully saturated rings. The first kappa shape index (κ1) is 14.1. The summed E-state index contributed by atoms with van der Waals surface area (Å²) in [6.45, 7) is 4.59. The lowest BCUT2D eigenvalue weighted by atomic mass is 10.2. The molecule has 0 amide bonds. The number of aromatic nitrogens is 2. The number of benzene rings is 1. The fourth-order valence-corrected chi connectivity index (χ4v) is 2.50. The quantitative estimate of drug-likeness (QED) is 0.877. The summed E-state index contributed by atoms with van der Waals surface area (Å²) in [5, 5.41) is 3.28. The number of nitrogens with one attached hydrogen (secondary N) is 1. The van der Waals surface area contributed by atoms with Gasteiger partial charge in [-0.15, -0.1) is 0 Å². The van der Waals surface area contributed by atoms with E-state index in [1.807, 2.05) is 0 Å². The van der Waals surface area contributed by atoms with Crippen LogP contribution in [0.15, 0.2) is 24.4 Å². The Morgan fingerprint density at radius 3 is 2.81 bits per heavy atom. The Morgan fingerprint density at radius 2 is 2.10 bits per heavy atom. The predicted octanol–water partition coefficient (Wildman–Crippen LogP) is 2.45. The van der Waals surface area contributed by atoms with Gasteiger partial charge in [0.2, 0.25) is 0 Å². The molecular formula is C14H15F3N4. The molecule has 0 radical (unpaired) electrons. The van der Waals surface area contributed by atoms with E-state index in [-0.39, 0.29) is 11.6 Å². The van der Waals surface area contributed by atoms with E-state index in [0.29, 0.717) is 11.3 Å². The monoisotopic (exact) mass is 296 g/mol. The Morgan fingerprint density at radius 1 is 1.29 bits per heavy atom. The highest BCUT2D eigenvalue weighted by Gasteiger charge is 2.30. The van der Waals surface area contributed by atoms with E-state index in [4.69, 9.17) is 0 Å². The number of hydrogen-bond acceptors (Lipinski definition) is 4. The highest BCUT2D eigenvalue weighted by Crippen LogP contribution is 2.31. The van der Waals surface area contributed by atoms with Crippen molar-refractivity contribution in [2.24, 2.45) is 0 Å². The van der Waals surface area contributed by atoms with Crippen LogP contribution in [-0.4, -0.2) is 35.6 Å². The van der Waals surface area contributed by atoms with Crippen molar-refractivity contribution < 1.29 is 13.2 Å². The van der Waals surface area contributed by atoms with Gasteiger partial charge < -0.3 is 10.2 Å². The topological polar surface area (TPSA) is 41.0 Å². The molecule has 4 nitrogen and oxygen atoms in total. The third kappa shape index (κ3) is 2.78. The molecule has 3 rings (SSSR count). The summed E-state index contributed by atoms with van der Waals surface area (Å²) in [4.78, 5) is 10.7. The molecule has 1 saturated heterocycles. The molecule has 0 aliphatic carbocycles. The van der Waals surface area contributed by atoms with Gasteiger partial charge in [0.25, 0.3) is 0 Å². The SMILES string of the molecule is C[C@H]1CNCCN1c1cnc2cc(C(F)(F)F)ccc2n1. The summed E-state index contributed by atoms with van der Waals surface area (Å²) >= 11 is 0. The second-order valence-corrected chi connectivity index (χ2v) is 5.18. The molecule has 2 heterocycles. The lowest BCUT2D eigenvalue weighted by Gasteiger charge is -2.34. The number of piperazine rings is 1. The Labute approximate surface area is 120 Å². The first-order valence-electron chi connectivity index (χ1n) is 6.76. The van der Waals surface area contributed by atoms with E-state index in [9.17, 15) is 13.2 Å². The van der Waals surface area contributed by atoms with Gasteiger partial charge in [-0.2, -0.15) is 13.2 Å². The maximum absolute atomic E-state index is 12.7. The van der Waals surface area contributed by atoms with Crippen molar-refractivity contribution >= 4 is 16.9 Å². The second kappa shape index (κ2) is 5.14. The number of fused-ring (bicyclic) bond motifs is 1. The lowest BCUT2D eigenvalue weighted by molar-refractivity contribution is -0.137. The molecule has 0 bridgehead atoms. The van der Waals surface area contributed by atoms with E-state index in [0.717, 1.165) is 31.8 Å². The van der Waals surface area contributed by atoms with Crippen LogP contribution in [0.1, 0.15) is 12.5 Å². The molecule has 21 heavy (non-hydrogen) atoms. The molecule has 7 heteroatoms. The van der Waals surface area contributed by atoms with E-state index in [1.165, 1.54) is 6.07 Å². The molecule has 0 saturated carbocycles. The van der Waals surface area contributed by atoms with Gasteiger partial charge in [0, 0.05) is 25.7 Å². The fraction of sp³-hybridized carbons (Fsp3) is 0.429. The Hall–Kier alpha value is -1.89. The third-order valence-electron chi connectivity index (χ3n) is 3.65. The zero-order valence-corrected chi connectivity index (χ0v) is 11.5. The first-order valence-corrected chi connectivity index (χ1v) is 6.76. The molecule has 2 aromatic rings. The van der Waals surface area contributed by atoms with Crippen LogP contribution in [-0.2, 0) is 6.18 Å². The van der Waals surface area contributed by atoms with Crippen LogP contribution in [0.4, 0.5) is 19.0 Å². The Bertz CT molecular complexity index is 656. The molecule has 0 unspecified atom stereocenters. The number of alkyl halides is 3. The van der Waals surface area contributed by atoms with Gasteiger partial charge in [-0.05, 0) is 25.1 Å². The van der Waals surface area contributed by atoms with Crippen LogP contribution in [0.2, 0.25) is 0 Å². The van der Waals surface area contributed by atoms with Crippen LogP contribution >= 0.6 is 0 Å². The highest BCUT2D eigenvalue weighted by molar-refractivity contribution is 5.76. The van der Waals surface area contributed by atoms with Crippen LogP contribution < -0.4 is 10.2 Å². The number of hydrogen-bond donors (Lipinski definition) is 1. The van der Waals surface area contributed by atoms with Crippen molar-refractivity contribution in [3.8, 4) is 0 Å². The van der Waals surface area contributed by atoms with Crippen molar-refractivity contribution in [1.82, 2.24) is 15.3 Å². The highest BCUT2D eigenvalue weighted by atomic mass is 19.4. The molecule has 1 aliphatic rings. The normalized spacial score (nSPS) is 20.0. The summed E-state index contributed by atoms with van der Waals surface area (Å²) < 4.78 is 38.0. The minimum atomic E-state index is -4.36. The summed E-state index contributed by atoms with van der Waals surface area (Å²) in [6, 6.07) is 3.73. The van der Waals surface area contributed by atoms with E-state index >= 15 is 0 Å². The predicted molar refractivity (Wildman–Crippen MR) is 74.2 cm³/mol. The average Bonchev–Trinajstić information content (AvgIpc) is 2.46. The fourth-order valence-electron chi connectivity index (χ4n) is 2.50. The Balaban J connectivity index is 1.97. The summed E-state index contributed by atoms with van der Waals surface area (Å²) in [6.07, 6.45) is -2.81. The first-order chi connectivity index (χ1) is 9.95. The van der Waals surface area contributed by atoms with Crippen molar-refractivity contribution in [2.75, 3.05) is 24.5 Å². The van der Waals surface area contributed by atoms with Crippen LogP contribution in [0.25, 0.3) is 11.0 Å². The summed E-state index contributed by atoms with van der Waals surface area (Å²) in [7, 11) is 0. The van der Waals surface area contributed by atoms with Gasteiger partial charge in [0.05, 0.1) is 22.8 Å². The summed E-state index contributed by atoms with van der Waals surface area (Å²) in [5.41, 5.74) is 0.0372. The van der Waals surface area contributed by atoms with Gasteiger partial charge in [-0.3, -0.25) is 4.98 Å².